The van der Waals surface area contributed by atoms with Crippen molar-refractivity contribution in [3.8, 4) is 0 Å². The second kappa shape index (κ2) is 12.9. The fourth-order valence-corrected chi connectivity index (χ4v) is 2.92. The van der Waals surface area contributed by atoms with Crippen molar-refractivity contribution in [2.75, 3.05) is 13.2 Å². The van der Waals surface area contributed by atoms with E-state index < -0.39 is 13.8 Å². The first-order chi connectivity index (χ1) is 10.4. The van der Waals surface area contributed by atoms with Crippen molar-refractivity contribution < 1.29 is 22.9 Å². The molecule has 0 amide bonds. The van der Waals surface area contributed by atoms with Gasteiger partial charge in [-0.2, -0.15) is 0 Å². The summed E-state index contributed by atoms with van der Waals surface area (Å²) in [6, 6.07) is 0. The van der Waals surface area contributed by atoms with E-state index in [1.54, 1.807) is 0 Å². The van der Waals surface area contributed by atoms with Gasteiger partial charge < -0.3 is 4.52 Å². The molecule has 0 aliphatic carbocycles. The van der Waals surface area contributed by atoms with Gasteiger partial charge in [0.15, 0.2) is 0 Å². The zero-order chi connectivity index (χ0) is 16.8. The van der Waals surface area contributed by atoms with Gasteiger partial charge >= 0.3 is 13.8 Å². The number of hydrogen-bond acceptors (Lipinski definition) is 5. The smallest absolute Gasteiger partial charge is 0.367 e. The van der Waals surface area contributed by atoms with Crippen molar-refractivity contribution in [2.45, 2.75) is 72.1 Å². The molecule has 0 heterocycles. The minimum Gasteiger partial charge on any atom is -0.367 e. The molecule has 0 spiro atoms. The molecular formula is C16H31O5P. The maximum atomic E-state index is 12.5. The fraction of sp³-hybridized carbons (Fsp3) is 0.812. The van der Waals surface area contributed by atoms with Crippen LogP contribution in [0.1, 0.15) is 72.1 Å². The van der Waals surface area contributed by atoms with E-state index in [1.807, 2.05) is 0 Å². The minimum atomic E-state index is -3.84. The average Bonchev–Trinajstić information content (AvgIpc) is 2.46. The van der Waals surface area contributed by atoms with Crippen LogP contribution in [0, 0.1) is 0 Å². The van der Waals surface area contributed by atoms with Gasteiger partial charge in [0, 0.05) is 5.57 Å². The Hall–Kier alpha value is -0.640. The van der Waals surface area contributed by atoms with Crippen LogP contribution in [0.4, 0.5) is 0 Å². The van der Waals surface area contributed by atoms with Gasteiger partial charge in [0.2, 0.25) is 0 Å². The first kappa shape index (κ1) is 21.4. The lowest BCUT2D eigenvalue weighted by Gasteiger charge is -2.17. The highest BCUT2D eigenvalue weighted by Crippen LogP contribution is 2.50. The molecule has 0 saturated heterocycles. The Balaban J connectivity index is 4.31. The molecule has 0 aliphatic rings. The molecule has 0 N–H and O–H groups in total. The highest BCUT2D eigenvalue weighted by atomic mass is 31.2. The van der Waals surface area contributed by atoms with Crippen LogP contribution in [0.5, 0.6) is 0 Å². The Bertz CT molecular complexity index is 350. The summed E-state index contributed by atoms with van der Waals surface area (Å²) in [5.41, 5.74) is 0.171. The van der Waals surface area contributed by atoms with Crippen LogP contribution in [0.15, 0.2) is 12.2 Å². The maximum Gasteiger partial charge on any atom is 0.532 e. The van der Waals surface area contributed by atoms with Crippen molar-refractivity contribution >= 4 is 13.8 Å². The van der Waals surface area contributed by atoms with Crippen LogP contribution >= 0.6 is 7.82 Å². The summed E-state index contributed by atoms with van der Waals surface area (Å²) in [5.74, 6) is -0.745. The van der Waals surface area contributed by atoms with E-state index in [9.17, 15) is 9.36 Å². The third kappa shape index (κ3) is 11.0. The molecule has 6 heteroatoms. The Morgan fingerprint density at radius 1 is 0.909 bits per heavy atom. The van der Waals surface area contributed by atoms with E-state index in [-0.39, 0.29) is 18.8 Å². The lowest BCUT2D eigenvalue weighted by molar-refractivity contribution is -0.132. The van der Waals surface area contributed by atoms with E-state index in [0.29, 0.717) is 0 Å². The van der Waals surface area contributed by atoms with Gasteiger partial charge in [-0.25, -0.2) is 9.36 Å². The summed E-state index contributed by atoms with van der Waals surface area (Å²) in [6.45, 7) is 9.71. The molecule has 0 radical (unpaired) electrons. The maximum absolute atomic E-state index is 12.5. The Kier molecular flexibility index (Phi) is 12.5. The minimum absolute atomic E-state index is 0.171. The van der Waals surface area contributed by atoms with Gasteiger partial charge in [-0.1, -0.05) is 59.0 Å². The Morgan fingerprint density at radius 2 is 1.36 bits per heavy atom. The number of phosphoric ester groups is 1. The third-order valence-corrected chi connectivity index (χ3v) is 4.42. The van der Waals surface area contributed by atoms with Gasteiger partial charge in [0.25, 0.3) is 0 Å². The summed E-state index contributed by atoms with van der Waals surface area (Å²) in [7, 11) is -3.84. The van der Waals surface area contributed by atoms with Crippen LogP contribution in [-0.4, -0.2) is 19.2 Å². The van der Waals surface area contributed by atoms with Crippen molar-refractivity contribution in [3.05, 3.63) is 12.2 Å². The van der Waals surface area contributed by atoms with Crippen molar-refractivity contribution in [1.29, 1.82) is 0 Å². The van der Waals surface area contributed by atoms with Gasteiger partial charge in [0.1, 0.15) is 0 Å². The molecule has 0 bridgehead atoms. The topological polar surface area (TPSA) is 61.8 Å². The van der Waals surface area contributed by atoms with Crippen molar-refractivity contribution in [2.24, 2.45) is 0 Å². The van der Waals surface area contributed by atoms with E-state index in [1.165, 1.54) is 6.92 Å². The van der Waals surface area contributed by atoms with Crippen LogP contribution in [0.25, 0.3) is 0 Å². The molecule has 0 unspecified atom stereocenters. The monoisotopic (exact) mass is 334 g/mol. The first-order valence-electron chi connectivity index (χ1n) is 8.23. The molecule has 0 aliphatic heterocycles. The molecule has 0 rings (SSSR count). The molecule has 0 saturated carbocycles. The number of carbonyl (C=O) groups excluding carboxylic acids is 1. The predicted molar refractivity (Wildman–Crippen MR) is 88.7 cm³/mol. The molecule has 0 aromatic heterocycles. The average molecular weight is 334 g/mol. The zero-order valence-corrected chi connectivity index (χ0v) is 15.2. The highest BCUT2D eigenvalue weighted by molar-refractivity contribution is 7.49. The van der Waals surface area contributed by atoms with E-state index >= 15 is 0 Å². The number of unbranched alkanes of at least 4 members (excludes halogenated alkanes) is 6. The predicted octanol–water partition coefficient (Wildman–Crippen LogP) is 5.41. The van der Waals surface area contributed by atoms with Crippen LogP contribution in [0.2, 0.25) is 0 Å². The second-order valence-corrected chi connectivity index (χ2v) is 6.99. The molecule has 130 valence electrons. The molecule has 0 aromatic rings. The lowest BCUT2D eigenvalue weighted by Crippen LogP contribution is -2.09. The first-order valence-corrected chi connectivity index (χ1v) is 9.69. The van der Waals surface area contributed by atoms with Gasteiger partial charge in [-0.05, 0) is 19.8 Å². The Morgan fingerprint density at radius 3 is 1.73 bits per heavy atom. The van der Waals surface area contributed by atoms with Gasteiger partial charge in [-0.15, -0.1) is 0 Å². The van der Waals surface area contributed by atoms with Crippen molar-refractivity contribution in [3.63, 3.8) is 0 Å². The fourth-order valence-electron chi connectivity index (χ4n) is 1.68. The summed E-state index contributed by atoms with van der Waals surface area (Å²) >= 11 is 0. The summed E-state index contributed by atoms with van der Waals surface area (Å²) in [6.07, 6.45) is 7.91. The lowest BCUT2D eigenvalue weighted by atomic mass is 10.2. The van der Waals surface area contributed by atoms with E-state index in [4.69, 9.17) is 13.6 Å². The summed E-state index contributed by atoms with van der Waals surface area (Å²) < 4.78 is 27.9. The van der Waals surface area contributed by atoms with Gasteiger partial charge in [0.05, 0.1) is 13.2 Å². The Labute approximate surface area is 135 Å². The third-order valence-electron chi connectivity index (χ3n) is 3.04. The largest absolute Gasteiger partial charge is 0.532 e. The van der Waals surface area contributed by atoms with Crippen LogP contribution in [0.3, 0.4) is 0 Å². The van der Waals surface area contributed by atoms with E-state index in [2.05, 4.69) is 20.4 Å². The van der Waals surface area contributed by atoms with E-state index in [0.717, 1.165) is 51.4 Å². The standard InChI is InChI=1S/C16H31O5P/c1-5-7-9-11-13-19-22(18,21-16(17)15(3)4)20-14-12-10-8-6-2/h3,5-14H2,1-2,4H3. The quantitative estimate of drug-likeness (QED) is 0.241. The molecule has 0 fully saturated rings. The summed E-state index contributed by atoms with van der Waals surface area (Å²) in [4.78, 5) is 11.6. The molecule has 0 aromatic carbocycles. The highest BCUT2D eigenvalue weighted by Gasteiger charge is 2.31. The number of phosphoric acid groups is 1. The molecule has 22 heavy (non-hydrogen) atoms. The van der Waals surface area contributed by atoms with Crippen molar-refractivity contribution in [1.82, 2.24) is 0 Å². The van der Waals surface area contributed by atoms with Crippen LogP contribution in [-0.2, 0) is 22.9 Å². The molecule has 0 atom stereocenters. The summed E-state index contributed by atoms with van der Waals surface area (Å²) in [5, 5.41) is 0. The molecule has 5 nitrogen and oxygen atoms in total. The zero-order valence-electron chi connectivity index (χ0n) is 14.3. The number of rotatable bonds is 14. The normalized spacial score (nSPS) is 11.4. The second-order valence-electron chi connectivity index (χ2n) is 5.39. The number of carbonyl (C=O) groups is 1. The number of hydrogen-bond donors (Lipinski definition) is 0. The molecular weight excluding hydrogens is 303 g/mol. The van der Waals surface area contributed by atoms with Gasteiger partial charge in [-0.3, -0.25) is 9.05 Å². The SMILES string of the molecule is C=C(C)C(=O)OP(=O)(OCCCCCC)OCCCCCC. The van der Waals surface area contributed by atoms with Crippen LogP contribution < -0.4 is 0 Å².